The molecule has 1 aromatic carbocycles. The predicted molar refractivity (Wildman–Crippen MR) is 115 cm³/mol. The van der Waals surface area contributed by atoms with Crippen molar-refractivity contribution in [2.24, 2.45) is 0 Å². The lowest BCUT2D eigenvalue weighted by molar-refractivity contribution is -0.148. The second-order valence-electron chi connectivity index (χ2n) is 7.96. The van der Waals surface area contributed by atoms with E-state index >= 15 is 0 Å². The van der Waals surface area contributed by atoms with E-state index in [0.717, 1.165) is 10.6 Å². The number of hydrogen-bond donors (Lipinski definition) is 0. The van der Waals surface area contributed by atoms with Gasteiger partial charge in [0.25, 0.3) is 0 Å². The number of aromatic nitrogens is 2. The molecule has 1 unspecified atom stereocenters. The highest BCUT2D eigenvalue weighted by Crippen LogP contribution is 2.33. The number of carbonyl (C=O) groups is 2. The van der Waals surface area contributed by atoms with Gasteiger partial charge in [0.1, 0.15) is 10.8 Å². The minimum atomic E-state index is -0.758. The Labute approximate surface area is 184 Å². The van der Waals surface area contributed by atoms with E-state index in [1.165, 1.54) is 21.1 Å². The van der Waals surface area contributed by atoms with Crippen molar-refractivity contribution in [2.75, 3.05) is 25.1 Å². The number of esters is 1. The molecule has 162 valence electrons. The molecule has 1 fully saturated rings. The third-order valence-electron chi connectivity index (χ3n) is 4.46. The maximum absolute atomic E-state index is 12.6. The number of likely N-dealkylation sites (N-methyl/N-ethyl adjacent to an activating group) is 1. The molecular formula is C20H25ClN4O4S. The van der Waals surface area contributed by atoms with Gasteiger partial charge in [-0.1, -0.05) is 50.3 Å². The Morgan fingerprint density at radius 2 is 2.03 bits per heavy atom. The highest BCUT2D eigenvalue weighted by atomic mass is 35.5. The Bertz CT molecular complexity index is 914. The van der Waals surface area contributed by atoms with Crippen LogP contribution in [0.25, 0.3) is 0 Å². The van der Waals surface area contributed by atoms with Crippen molar-refractivity contribution in [3.63, 3.8) is 0 Å². The summed E-state index contributed by atoms with van der Waals surface area (Å²) in [4.78, 5) is 27.8. The fourth-order valence-corrected chi connectivity index (χ4v) is 3.98. The summed E-state index contributed by atoms with van der Waals surface area (Å²) in [6.45, 7) is 6.47. The number of ether oxygens (including phenoxy) is 2. The summed E-state index contributed by atoms with van der Waals surface area (Å²) in [5.41, 5.74) is 0.667. The molecule has 2 aromatic rings. The summed E-state index contributed by atoms with van der Waals surface area (Å²) in [6, 6.07) is 7.11. The molecule has 1 atom stereocenters. The molecule has 0 aliphatic carbocycles. The van der Waals surface area contributed by atoms with Gasteiger partial charge in [-0.15, -0.1) is 21.8 Å². The minimum absolute atomic E-state index is 0.0439. The van der Waals surface area contributed by atoms with Gasteiger partial charge in [-0.05, 0) is 6.07 Å². The number of rotatable bonds is 7. The fraction of sp³-hybridized carbons (Fsp3) is 0.500. The average molecular weight is 453 g/mol. The first-order chi connectivity index (χ1) is 14.2. The van der Waals surface area contributed by atoms with Gasteiger partial charge in [-0.3, -0.25) is 4.79 Å². The first kappa shape index (κ1) is 22.3. The third-order valence-corrected chi connectivity index (χ3v) is 6.10. The van der Waals surface area contributed by atoms with Gasteiger partial charge in [-0.2, -0.15) is 0 Å². The molecule has 1 saturated heterocycles. The van der Waals surface area contributed by atoms with Gasteiger partial charge in [0, 0.05) is 18.0 Å². The van der Waals surface area contributed by atoms with Gasteiger partial charge < -0.3 is 14.4 Å². The van der Waals surface area contributed by atoms with E-state index in [-0.39, 0.29) is 31.0 Å². The van der Waals surface area contributed by atoms with Crippen LogP contribution < -0.4 is 9.64 Å². The zero-order valence-electron chi connectivity index (χ0n) is 17.4. The molecule has 1 aliphatic heterocycles. The SMILES string of the molecule is CN1CC(OC(=O)CCOc2ccccc2CCl)N(c2nnc(C(C)(C)C)s2)C1=O. The maximum Gasteiger partial charge on any atom is 0.329 e. The van der Waals surface area contributed by atoms with Crippen LogP contribution in [0, 0.1) is 0 Å². The van der Waals surface area contributed by atoms with Gasteiger partial charge in [0.05, 0.1) is 25.5 Å². The first-order valence-corrected chi connectivity index (χ1v) is 10.9. The van der Waals surface area contributed by atoms with Crippen LogP contribution >= 0.6 is 22.9 Å². The zero-order valence-corrected chi connectivity index (χ0v) is 19.0. The molecule has 0 N–H and O–H groups in total. The van der Waals surface area contributed by atoms with E-state index in [1.54, 1.807) is 13.1 Å². The van der Waals surface area contributed by atoms with Crippen molar-refractivity contribution in [1.82, 2.24) is 15.1 Å². The lowest BCUT2D eigenvalue weighted by Gasteiger charge is -2.20. The maximum atomic E-state index is 12.6. The molecule has 1 aromatic heterocycles. The van der Waals surface area contributed by atoms with E-state index in [9.17, 15) is 9.59 Å². The first-order valence-electron chi connectivity index (χ1n) is 9.55. The van der Waals surface area contributed by atoms with Crippen LogP contribution in [0.4, 0.5) is 9.93 Å². The molecule has 0 saturated carbocycles. The molecule has 2 heterocycles. The molecule has 1 aliphatic rings. The Morgan fingerprint density at radius 1 is 1.30 bits per heavy atom. The van der Waals surface area contributed by atoms with Crippen molar-refractivity contribution < 1.29 is 19.1 Å². The van der Waals surface area contributed by atoms with Crippen LogP contribution in [-0.4, -0.2) is 53.5 Å². The molecule has 3 rings (SSSR count). The van der Waals surface area contributed by atoms with E-state index in [4.69, 9.17) is 21.1 Å². The molecule has 0 spiro atoms. The van der Waals surface area contributed by atoms with Gasteiger partial charge >= 0.3 is 12.0 Å². The number of benzene rings is 1. The molecule has 0 bridgehead atoms. The van der Waals surface area contributed by atoms with Crippen molar-refractivity contribution >= 4 is 40.1 Å². The number of para-hydroxylation sites is 1. The molecule has 10 heteroatoms. The largest absolute Gasteiger partial charge is 0.493 e. The average Bonchev–Trinajstić information content (AvgIpc) is 3.27. The van der Waals surface area contributed by atoms with Gasteiger partial charge in [-0.25, -0.2) is 9.69 Å². The minimum Gasteiger partial charge on any atom is -0.493 e. The predicted octanol–water partition coefficient (Wildman–Crippen LogP) is 3.78. The highest BCUT2D eigenvalue weighted by Gasteiger charge is 2.41. The highest BCUT2D eigenvalue weighted by molar-refractivity contribution is 7.15. The number of carbonyl (C=O) groups excluding carboxylic acids is 2. The van der Waals surface area contributed by atoms with E-state index in [1.807, 2.05) is 39.0 Å². The topological polar surface area (TPSA) is 84.9 Å². The smallest absolute Gasteiger partial charge is 0.329 e. The summed E-state index contributed by atoms with van der Waals surface area (Å²) in [5, 5.41) is 9.55. The number of halogens is 1. The van der Waals surface area contributed by atoms with E-state index in [2.05, 4.69) is 10.2 Å². The fourth-order valence-electron chi connectivity index (χ4n) is 2.82. The lowest BCUT2D eigenvalue weighted by atomic mass is 9.98. The molecule has 30 heavy (non-hydrogen) atoms. The third kappa shape index (κ3) is 5.02. The summed E-state index contributed by atoms with van der Waals surface area (Å²) >= 11 is 7.22. The number of hydrogen-bond acceptors (Lipinski definition) is 7. The summed E-state index contributed by atoms with van der Waals surface area (Å²) in [5.74, 6) is 0.503. The van der Waals surface area contributed by atoms with Gasteiger partial charge in [0.2, 0.25) is 11.4 Å². The van der Waals surface area contributed by atoms with Crippen molar-refractivity contribution in [3.8, 4) is 5.75 Å². The number of urea groups is 1. The monoisotopic (exact) mass is 452 g/mol. The summed E-state index contributed by atoms with van der Waals surface area (Å²) < 4.78 is 11.2. The Hall–Kier alpha value is -2.39. The van der Waals surface area contributed by atoms with Crippen molar-refractivity contribution in [3.05, 3.63) is 34.8 Å². The molecular weight excluding hydrogens is 428 g/mol. The number of alkyl halides is 1. The van der Waals surface area contributed by atoms with Crippen LogP contribution in [0.2, 0.25) is 0 Å². The quantitative estimate of drug-likeness (QED) is 0.469. The van der Waals surface area contributed by atoms with E-state index < -0.39 is 12.2 Å². The molecule has 2 amide bonds. The van der Waals surface area contributed by atoms with E-state index in [0.29, 0.717) is 16.8 Å². The van der Waals surface area contributed by atoms with Crippen LogP contribution in [-0.2, 0) is 20.8 Å². The second-order valence-corrected chi connectivity index (χ2v) is 9.18. The number of anilines is 1. The number of amides is 2. The lowest BCUT2D eigenvalue weighted by Crippen LogP contribution is -2.37. The molecule has 8 nitrogen and oxygen atoms in total. The molecule has 0 radical (unpaired) electrons. The van der Waals surface area contributed by atoms with Crippen LogP contribution in [0.3, 0.4) is 0 Å². The van der Waals surface area contributed by atoms with Crippen molar-refractivity contribution in [2.45, 2.75) is 44.7 Å². The Morgan fingerprint density at radius 3 is 2.70 bits per heavy atom. The Balaban J connectivity index is 1.62. The van der Waals surface area contributed by atoms with Crippen LogP contribution in [0.5, 0.6) is 5.75 Å². The van der Waals surface area contributed by atoms with Crippen LogP contribution in [0.1, 0.15) is 37.8 Å². The number of nitrogens with zero attached hydrogens (tertiary/aromatic N) is 4. The summed E-state index contributed by atoms with van der Waals surface area (Å²) in [7, 11) is 1.65. The van der Waals surface area contributed by atoms with Crippen molar-refractivity contribution in [1.29, 1.82) is 0 Å². The zero-order chi connectivity index (χ0) is 21.9. The van der Waals surface area contributed by atoms with Gasteiger partial charge in [0.15, 0.2) is 0 Å². The normalized spacial score (nSPS) is 16.8. The summed E-state index contributed by atoms with van der Waals surface area (Å²) in [6.07, 6.45) is -0.715. The Kier molecular flexibility index (Phi) is 6.82. The van der Waals surface area contributed by atoms with Crippen LogP contribution in [0.15, 0.2) is 24.3 Å². The standard InChI is InChI=1S/C20H25ClN4O4S/c1-20(2,3)17-22-23-18(30-17)25-15(12-24(4)19(25)27)29-16(26)9-10-28-14-8-6-5-7-13(14)11-21/h5-8,15H,9-12H2,1-4H3. The second kappa shape index (κ2) is 9.18.